The van der Waals surface area contributed by atoms with Crippen LogP contribution in [-0.2, 0) is 12.8 Å². The van der Waals surface area contributed by atoms with E-state index in [4.69, 9.17) is 0 Å². The summed E-state index contributed by atoms with van der Waals surface area (Å²) in [5.74, 6) is 0. The lowest BCUT2D eigenvalue weighted by molar-refractivity contribution is 0.00652. The molecule has 2 fully saturated rings. The standard InChI is InChI=1S/C21H32N2O/c24-21-8-4-3-7-20(21)23-13-11-18(12-14-23)22-19-10-9-16-5-1-2-6-17(16)15-19/h1-2,5-6,18-22,24H,3-4,7-15H2. The van der Waals surface area contributed by atoms with Crippen LogP contribution in [0, 0.1) is 0 Å². The fourth-order valence-electron chi connectivity index (χ4n) is 5.09. The molecule has 2 aliphatic carbocycles. The molecule has 0 aromatic heterocycles. The molecule has 3 heteroatoms. The topological polar surface area (TPSA) is 35.5 Å². The minimum absolute atomic E-state index is 0.0851. The van der Waals surface area contributed by atoms with Crippen molar-refractivity contribution < 1.29 is 5.11 Å². The number of nitrogens with one attached hydrogen (secondary N) is 1. The first-order chi connectivity index (χ1) is 11.8. The Morgan fingerprint density at radius 1 is 0.875 bits per heavy atom. The summed E-state index contributed by atoms with van der Waals surface area (Å²) in [6, 6.07) is 10.7. The van der Waals surface area contributed by atoms with Crippen LogP contribution in [0.2, 0.25) is 0 Å². The molecule has 24 heavy (non-hydrogen) atoms. The Labute approximate surface area is 146 Å². The zero-order valence-electron chi connectivity index (χ0n) is 14.8. The van der Waals surface area contributed by atoms with E-state index in [9.17, 15) is 5.11 Å². The molecule has 1 aromatic rings. The van der Waals surface area contributed by atoms with E-state index in [2.05, 4.69) is 34.5 Å². The number of fused-ring (bicyclic) bond motifs is 1. The number of benzene rings is 1. The number of aliphatic hydroxyl groups excluding tert-OH is 1. The van der Waals surface area contributed by atoms with Crippen molar-refractivity contribution in [2.24, 2.45) is 0 Å². The second kappa shape index (κ2) is 7.55. The lowest BCUT2D eigenvalue weighted by Gasteiger charge is -2.42. The van der Waals surface area contributed by atoms with Gasteiger partial charge in [0.2, 0.25) is 0 Å². The van der Waals surface area contributed by atoms with Crippen LogP contribution in [0.1, 0.15) is 56.1 Å². The molecule has 0 amide bonds. The van der Waals surface area contributed by atoms with E-state index in [1.807, 2.05) is 0 Å². The van der Waals surface area contributed by atoms with Crippen molar-refractivity contribution in [1.29, 1.82) is 0 Å². The molecule has 0 bridgehead atoms. The average Bonchev–Trinajstić information content (AvgIpc) is 2.63. The second-order valence-corrected chi connectivity index (χ2v) is 8.10. The van der Waals surface area contributed by atoms with Gasteiger partial charge in [-0.05, 0) is 56.1 Å². The van der Waals surface area contributed by atoms with E-state index in [1.54, 1.807) is 11.1 Å². The highest BCUT2D eigenvalue weighted by Crippen LogP contribution is 2.27. The van der Waals surface area contributed by atoms with Crippen LogP contribution in [-0.4, -0.2) is 47.3 Å². The maximum Gasteiger partial charge on any atom is 0.0695 e. The minimum Gasteiger partial charge on any atom is -0.391 e. The summed E-state index contributed by atoms with van der Waals surface area (Å²) in [6.07, 6.45) is 10.8. The molecule has 0 spiro atoms. The molecular formula is C21H32N2O. The third kappa shape index (κ3) is 3.68. The smallest absolute Gasteiger partial charge is 0.0695 e. The van der Waals surface area contributed by atoms with Gasteiger partial charge in [0.25, 0.3) is 0 Å². The third-order valence-electron chi connectivity index (χ3n) is 6.51. The van der Waals surface area contributed by atoms with Gasteiger partial charge in [0.05, 0.1) is 6.10 Å². The van der Waals surface area contributed by atoms with Crippen LogP contribution in [0.5, 0.6) is 0 Å². The Morgan fingerprint density at radius 2 is 1.62 bits per heavy atom. The average molecular weight is 329 g/mol. The van der Waals surface area contributed by atoms with Crippen LogP contribution in [0.15, 0.2) is 24.3 Å². The lowest BCUT2D eigenvalue weighted by atomic mass is 9.87. The zero-order chi connectivity index (χ0) is 16.4. The number of likely N-dealkylation sites (tertiary alicyclic amines) is 1. The Hall–Kier alpha value is -0.900. The van der Waals surface area contributed by atoms with E-state index in [1.165, 1.54) is 51.4 Å². The number of aliphatic hydroxyl groups is 1. The Morgan fingerprint density at radius 3 is 2.42 bits per heavy atom. The summed E-state index contributed by atoms with van der Waals surface area (Å²) in [6.45, 7) is 2.31. The molecule has 132 valence electrons. The van der Waals surface area contributed by atoms with E-state index in [0.29, 0.717) is 18.1 Å². The maximum absolute atomic E-state index is 10.3. The highest BCUT2D eigenvalue weighted by Gasteiger charge is 2.32. The molecule has 1 saturated carbocycles. The molecule has 3 aliphatic rings. The molecule has 0 radical (unpaired) electrons. The molecular weight excluding hydrogens is 296 g/mol. The van der Waals surface area contributed by atoms with Gasteiger partial charge in [-0.3, -0.25) is 4.90 Å². The summed E-state index contributed by atoms with van der Waals surface area (Å²) in [7, 11) is 0. The van der Waals surface area contributed by atoms with Crippen LogP contribution >= 0.6 is 0 Å². The van der Waals surface area contributed by atoms with Gasteiger partial charge in [-0.25, -0.2) is 0 Å². The molecule has 1 aromatic carbocycles. The van der Waals surface area contributed by atoms with Crippen molar-refractivity contribution in [2.45, 2.75) is 82.0 Å². The Bertz CT molecular complexity index is 538. The normalized spacial score (nSPS) is 32.5. The lowest BCUT2D eigenvalue weighted by Crippen LogP contribution is -2.53. The first kappa shape index (κ1) is 16.6. The van der Waals surface area contributed by atoms with E-state index in [-0.39, 0.29) is 6.10 Å². The monoisotopic (exact) mass is 328 g/mol. The van der Waals surface area contributed by atoms with Crippen LogP contribution in [0.25, 0.3) is 0 Å². The third-order valence-corrected chi connectivity index (χ3v) is 6.51. The highest BCUT2D eigenvalue weighted by molar-refractivity contribution is 5.30. The summed E-state index contributed by atoms with van der Waals surface area (Å²) in [4.78, 5) is 2.57. The summed E-state index contributed by atoms with van der Waals surface area (Å²) in [5, 5.41) is 14.2. The van der Waals surface area contributed by atoms with E-state index < -0.39 is 0 Å². The molecule has 3 atom stereocenters. The van der Waals surface area contributed by atoms with Gasteiger partial charge in [0, 0.05) is 31.2 Å². The van der Waals surface area contributed by atoms with Crippen molar-refractivity contribution >= 4 is 0 Å². The molecule has 4 rings (SSSR count). The number of rotatable bonds is 3. The van der Waals surface area contributed by atoms with Gasteiger partial charge < -0.3 is 10.4 Å². The minimum atomic E-state index is -0.0851. The molecule has 3 unspecified atom stereocenters. The molecule has 1 aliphatic heterocycles. The SMILES string of the molecule is OC1CCCCC1N1CCC(NC2CCc3ccccc3C2)CC1. The van der Waals surface area contributed by atoms with E-state index >= 15 is 0 Å². The number of piperidine rings is 1. The fourth-order valence-corrected chi connectivity index (χ4v) is 5.09. The number of aryl methyl sites for hydroxylation is 1. The first-order valence-electron chi connectivity index (χ1n) is 10.0. The number of hydrogen-bond donors (Lipinski definition) is 2. The molecule has 3 nitrogen and oxygen atoms in total. The predicted octanol–water partition coefficient (Wildman–Crippen LogP) is 2.90. The highest BCUT2D eigenvalue weighted by atomic mass is 16.3. The summed E-state index contributed by atoms with van der Waals surface area (Å²) < 4.78 is 0. The second-order valence-electron chi connectivity index (χ2n) is 8.10. The predicted molar refractivity (Wildman–Crippen MR) is 98.2 cm³/mol. The number of nitrogens with zero attached hydrogens (tertiary/aromatic N) is 1. The van der Waals surface area contributed by atoms with Crippen LogP contribution in [0.4, 0.5) is 0 Å². The zero-order valence-corrected chi connectivity index (χ0v) is 14.8. The van der Waals surface area contributed by atoms with Crippen molar-refractivity contribution in [3.05, 3.63) is 35.4 Å². The van der Waals surface area contributed by atoms with Crippen molar-refractivity contribution in [1.82, 2.24) is 10.2 Å². The van der Waals surface area contributed by atoms with Crippen molar-refractivity contribution in [2.75, 3.05) is 13.1 Å². The van der Waals surface area contributed by atoms with Crippen LogP contribution < -0.4 is 5.32 Å². The van der Waals surface area contributed by atoms with E-state index in [0.717, 1.165) is 19.5 Å². The Balaban J connectivity index is 1.26. The first-order valence-corrected chi connectivity index (χ1v) is 10.0. The van der Waals surface area contributed by atoms with Gasteiger partial charge in [-0.1, -0.05) is 37.1 Å². The summed E-state index contributed by atoms with van der Waals surface area (Å²) in [5.41, 5.74) is 3.10. The Kier molecular flexibility index (Phi) is 5.21. The molecule has 1 saturated heterocycles. The van der Waals surface area contributed by atoms with Crippen molar-refractivity contribution in [3.63, 3.8) is 0 Å². The van der Waals surface area contributed by atoms with Gasteiger partial charge in [0.1, 0.15) is 0 Å². The van der Waals surface area contributed by atoms with Gasteiger partial charge in [-0.15, -0.1) is 0 Å². The number of hydrogen-bond acceptors (Lipinski definition) is 3. The molecule has 2 N–H and O–H groups in total. The molecule has 1 heterocycles. The van der Waals surface area contributed by atoms with Gasteiger partial charge in [0.15, 0.2) is 0 Å². The largest absolute Gasteiger partial charge is 0.391 e. The van der Waals surface area contributed by atoms with Crippen LogP contribution in [0.3, 0.4) is 0 Å². The van der Waals surface area contributed by atoms with Gasteiger partial charge in [-0.2, -0.15) is 0 Å². The van der Waals surface area contributed by atoms with Gasteiger partial charge >= 0.3 is 0 Å². The summed E-state index contributed by atoms with van der Waals surface area (Å²) >= 11 is 0. The fraction of sp³-hybridized carbons (Fsp3) is 0.714. The van der Waals surface area contributed by atoms with Crippen molar-refractivity contribution in [3.8, 4) is 0 Å². The maximum atomic E-state index is 10.3. The quantitative estimate of drug-likeness (QED) is 0.895.